The van der Waals surface area contributed by atoms with E-state index in [4.69, 9.17) is 0 Å². The molecule has 4 heterocycles. The molecule has 1 spiro atoms. The summed E-state index contributed by atoms with van der Waals surface area (Å²) in [6.45, 7) is 10.9. The number of H-pyrrole nitrogens is 1. The fraction of sp³-hybridized carbons (Fsp3) is 0.576. The van der Waals surface area contributed by atoms with Gasteiger partial charge in [0.05, 0.1) is 0 Å². The van der Waals surface area contributed by atoms with E-state index >= 15 is 0 Å². The molecule has 2 saturated heterocycles. The third-order valence-electron chi connectivity index (χ3n) is 9.11. The lowest BCUT2D eigenvalue weighted by Gasteiger charge is -2.41. The number of hydrogen-bond donors (Lipinski definition) is 2. The minimum absolute atomic E-state index is 0.390. The molecule has 2 fully saturated rings. The van der Waals surface area contributed by atoms with Crippen LogP contribution in [-0.2, 0) is 13.0 Å². The Morgan fingerprint density at radius 2 is 1.60 bits per heavy atom. The van der Waals surface area contributed by atoms with E-state index in [1.807, 2.05) is 0 Å². The van der Waals surface area contributed by atoms with Crippen molar-refractivity contribution in [3.8, 4) is 0 Å². The zero-order valence-electron chi connectivity index (χ0n) is 24.3. The van der Waals surface area contributed by atoms with Gasteiger partial charge in [0, 0.05) is 60.6 Å². The van der Waals surface area contributed by atoms with Gasteiger partial charge in [-0.1, -0.05) is 18.2 Å². The molecule has 3 aliphatic rings. The van der Waals surface area contributed by atoms with Gasteiger partial charge in [-0.2, -0.15) is 0 Å². The standard InChI is InChI=1S/C17H24F2N2.C16H21FN2/c18-14-11-15(19)13-16(12-14)21-9-1-3-17(4-2-10-21)5-7-20-8-6-17;1-11-8-13-12-6-4-5-7-14(12)18-15(13)9-19(11)10-16(2,3)17/h11-13,20H,1-10H2;4-7,11,18H,8-10H2,1-3H3. The SMILES string of the molecule is CC1Cc2c([nH]c3ccccc23)CN1CC(C)(C)F.Fc1cc(F)cc(N2CCCC3(CCC2)CCNCC3)c1. The van der Waals surface area contributed by atoms with Crippen LogP contribution in [0.5, 0.6) is 0 Å². The highest BCUT2D eigenvalue weighted by atomic mass is 19.1. The van der Waals surface area contributed by atoms with E-state index in [-0.39, 0.29) is 0 Å². The van der Waals surface area contributed by atoms with Gasteiger partial charge in [0.2, 0.25) is 0 Å². The average Bonchev–Trinajstić information content (AvgIpc) is 3.23. The number of aromatic amines is 1. The van der Waals surface area contributed by atoms with E-state index in [2.05, 4.69) is 51.3 Å². The first-order valence-corrected chi connectivity index (χ1v) is 15.0. The zero-order valence-corrected chi connectivity index (χ0v) is 24.3. The van der Waals surface area contributed by atoms with Gasteiger partial charge in [-0.25, -0.2) is 13.2 Å². The van der Waals surface area contributed by atoms with Crippen molar-refractivity contribution in [1.82, 2.24) is 15.2 Å². The summed E-state index contributed by atoms with van der Waals surface area (Å²) in [5, 5.41) is 4.77. The van der Waals surface area contributed by atoms with Gasteiger partial charge in [-0.3, -0.25) is 4.90 Å². The van der Waals surface area contributed by atoms with Crippen molar-refractivity contribution >= 4 is 16.6 Å². The summed E-state index contributed by atoms with van der Waals surface area (Å²) < 4.78 is 40.6. The number of benzene rings is 2. The first kappa shape index (κ1) is 29.0. The van der Waals surface area contributed by atoms with Crippen LogP contribution >= 0.6 is 0 Å². The van der Waals surface area contributed by atoms with Crippen molar-refractivity contribution in [1.29, 1.82) is 0 Å². The Kier molecular flexibility index (Phi) is 8.81. The molecule has 0 saturated carbocycles. The van der Waals surface area contributed by atoms with E-state index in [0.717, 1.165) is 58.1 Å². The molecule has 0 bridgehead atoms. The molecule has 1 unspecified atom stereocenters. The maximum absolute atomic E-state index is 13.9. The van der Waals surface area contributed by atoms with Crippen LogP contribution in [0, 0.1) is 17.0 Å². The molecule has 2 aromatic carbocycles. The molecule has 218 valence electrons. The summed E-state index contributed by atoms with van der Waals surface area (Å²) in [5.41, 5.74) is 3.93. The predicted molar refractivity (Wildman–Crippen MR) is 159 cm³/mol. The number of rotatable bonds is 3. The highest BCUT2D eigenvalue weighted by Crippen LogP contribution is 2.40. The average molecular weight is 555 g/mol. The van der Waals surface area contributed by atoms with E-state index in [9.17, 15) is 13.2 Å². The van der Waals surface area contributed by atoms with Gasteiger partial charge in [0.15, 0.2) is 0 Å². The van der Waals surface area contributed by atoms with Gasteiger partial charge in [0.25, 0.3) is 0 Å². The van der Waals surface area contributed by atoms with Crippen LogP contribution in [0.1, 0.15) is 70.6 Å². The first-order chi connectivity index (χ1) is 19.1. The van der Waals surface area contributed by atoms with Crippen molar-refractivity contribution in [2.24, 2.45) is 5.41 Å². The number of para-hydroxylation sites is 1. The van der Waals surface area contributed by atoms with Crippen LogP contribution in [0.3, 0.4) is 0 Å². The molecule has 2 N–H and O–H groups in total. The Labute approximate surface area is 237 Å². The van der Waals surface area contributed by atoms with E-state index < -0.39 is 17.3 Å². The molecule has 1 atom stereocenters. The van der Waals surface area contributed by atoms with Crippen molar-refractivity contribution in [3.63, 3.8) is 0 Å². The van der Waals surface area contributed by atoms with Gasteiger partial charge in [0.1, 0.15) is 17.3 Å². The van der Waals surface area contributed by atoms with Crippen LogP contribution < -0.4 is 10.2 Å². The second-order valence-corrected chi connectivity index (χ2v) is 12.9. The lowest BCUT2D eigenvalue weighted by molar-refractivity contribution is 0.0853. The molecule has 0 radical (unpaired) electrons. The number of hydrogen-bond acceptors (Lipinski definition) is 3. The fourth-order valence-electron chi connectivity index (χ4n) is 7.07. The quantitative estimate of drug-likeness (QED) is 0.355. The van der Waals surface area contributed by atoms with Crippen LogP contribution in [0.2, 0.25) is 0 Å². The Morgan fingerprint density at radius 3 is 2.25 bits per heavy atom. The molecule has 3 aromatic rings. The minimum Gasteiger partial charge on any atom is -0.371 e. The number of alkyl halides is 1. The van der Waals surface area contributed by atoms with E-state index in [1.54, 1.807) is 13.8 Å². The second-order valence-electron chi connectivity index (χ2n) is 12.9. The smallest absolute Gasteiger partial charge is 0.128 e. The minimum atomic E-state index is -1.14. The number of nitrogens with one attached hydrogen (secondary N) is 2. The number of piperidine rings is 1. The van der Waals surface area contributed by atoms with Gasteiger partial charge >= 0.3 is 0 Å². The Bertz CT molecular complexity index is 1240. The van der Waals surface area contributed by atoms with Crippen molar-refractivity contribution in [2.45, 2.75) is 84.0 Å². The van der Waals surface area contributed by atoms with Crippen molar-refractivity contribution in [2.75, 3.05) is 37.6 Å². The molecule has 6 rings (SSSR count). The molecule has 4 nitrogen and oxygen atoms in total. The first-order valence-electron chi connectivity index (χ1n) is 15.0. The van der Waals surface area contributed by atoms with E-state index in [0.29, 0.717) is 23.7 Å². The maximum Gasteiger partial charge on any atom is 0.128 e. The third-order valence-corrected chi connectivity index (χ3v) is 9.11. The number of anilines is 1. The number of fused-ring (bicyclic) bond motifs is 3. The molecule has 0 amide bonds. The highest BCUT2D eigenvalue weighted by molar-refractivity contribution is 5.84. The largest absolute Gasteiger partial charge is 0.371 e. The second kappa shape index (κ2) is 12.2. The Balaban J connectivity index is 0.000000162. The van der Waals surface area contributed by atoms with Crippen molar-refractivity contribution < 1.29 is 13.2 Å². The van der Waals surface area contributed by atoms with Crippen molar-refractivity contribution in [3.05, 3.63) is 65.4 Å². The number of aromatic nitrogens is 1. The normalized spacial score (nSPS) is 21.9. The van der Waals surface area contributed by atoms with Gasteiger partial charge in [-0.15, -0.1) is 0 Å². The van der Waals surface area contributed by atoms with Gasteiger partial charge in [-0.05, 0) is 108 Å². The molecular formula is C33H45F3N4. The Morgan fingerprint density at radius 1 is 0.950 bits per heavy atom. The molecule has 0 aliphatic carbocycles. The lowest BCUT2D eigenvalue weighted by Crippen LogP contribution is -2.44. The molecule has 7 heteroatoms. The topological polar surface area (TPSA) is 34.3 Å². The zero-order chi connectivity index (χ0) is 28.3. The fourth-order valence-corrected chi connectivity index (χ4v) is 7.07. The molecule has 1 aromatic heterocycles. The number of halogens is 3. The Hall–Kier alpha value is -2.51. The third kappa shape index (κ3) is 7.03. The molecule has 3 aliphatic heterocycles. The van der Waals surface area contributed by atoms with E-state index in [1.165, 1.54) is 60.0 Å². The molecule has 40 heavy (non-hydrogen) atoms. The summed E-state index contributed by atoms with van der Waals surface area (Å²) in [6, 6.07) is 12.7. The summed E-state index contributed by atoms with van der Waals surface area (Å²) in [6.07, 6.45) is 8.25. The summed E-state index contributed by atoms with van der Waals surface area (Å²) in [5.74, 6) is -0.969. The summed E-state index contributed by atoms with van der Waals surface area (Å²) >= 11 is 0. The predicted octanol–water partition coefficient (Wildman–Crippen LogP) is 7.38. The van der Waals surface area contributed by atoms with Crippen LogP contribution in [0.25, 0.3) is 10.9 Å². The molecular weight excluding hydrogens is 509 g/mol. The summed E-state index contributed by atoms with van der Waals surface area (Å²) in [4.78, 5) is 7.86. The van der Waals surface area contributed by atoms with Crippen LogP contribution in [0.15, 0.2) is 42.5 Å². The number of nitrogens with zero attached hydrogens (tertiary/aromatic N) is 2. The monoisotopic (exact) mass is 554 g/mol. The lowest BCUT2D eigenvalue weighted by atomic mass is 9.71. The maximum atomic E-state index is 13.9. The highest BCUT2D eigenvalue weighted by Gasteiger charge is 2.33. The van der Waals surface area contributed by atoms with Crippen LogP contribution in [0.4, 0.5) is 18.9 Å². The van der Waals surface area contributed by atoms with Gasteiger partial charge < -0.3 is 15.2 Å². The van der Waals surface area contributed by atoms with Crippen LogP contribution in [-0.4, -0.2) is 54.3 Å². The summed E-state index contributed by atoms with van der Waals surface area (Å²) in [7, 11) is 0.